The van der Waals surface area contributed by atoms with Crippen molar-refractivity contribution >= 4 is 34.8 Å². The minimum Gasteiger partial charge on any atom is -0.318 e. The molecule has 2 aromatic rings. The molecule has 0 bridgehead atoms. The van der Waals surface area contributed by atoms with Crippen molar-refractivity contribution in [3.8, 4) is 0 Å². The topological polar surface area (TPSA) is 67.8 Å². The van der Waals surface area contributed by atoms with Gasteiger partial charge in [-0.15, -0.1) is 0 Å². The highest BCUT2D eigenvalue weighted by Crippen LogP contribution is 2.19. The first-order chi connectivity index (χ1) is 8.16. The van der Waals surface area contributed by atoms with Gasteiger partial charge in [0.25, 0.3) is 5.91 Å². The molecule has 17 heavy (non-hydrogen) atoms. The zero-order valence-electron chi connectivity index (χ0n) is 8.39. The number of carbonyl (C=O) groups is 1. The molecular weight excluding hydrogens is 263 g/mol. The van der Waals surface area contributed by atoms with Gasteiger partial charge in [0, 0.05) is 6.20 Å². The van der Waals surface area contributed by atoms with E-state index in [1.807, 2.05) is 0 Å². The standard InChI is InChI=1S/C10H6Cl2N4O/c11-6-1-2-13-3-7(6)16-10(17)8-4-15-9(12)5-14-8/h1-5H,(H,16,17). The number of aromatic nitrogens is 3. The summed E-state index contributed by atoms with van der Waals surface area (Å²) < 4.78 is 0. The molecule has 0 aliphatic rings. The summed E-state index contributed by atoms with van der Waals surface area (Å²) in [4.78, 5) is 23.2. The molecule has 0 atom stereocenters. The summed E-state index contributed by atoms with van der Waals surface area (Å²) in [5.74, 6) is -0.427. The van der Waals surface area contributed by atoms with Gasteiger partial charge in [0.05, 0.1) is 29.3 Å². The summed E-state index contributed by atoms with van der Waals surface area (Å²) in [6, 6.07) is 1.57. The maximum Gasteiger partial charge on any atom is 0.275 e. The molecule has 2 rings (SSSR count). The van der Waals surface area contributed by atoms with Gasteiger partial charge in [-0.05, 0) is 6.07 Å². The molecule has 0 fully saturated rings. The Morgan fingerprint density at radius 2 is 2.00 bits per heavy atom. The fourth-order valence-electron chi connectivity index (χ4n) is 1.09. The quantitative estimate of drug-likeness (QED) is 0.909. The average Bonchev–Trinajstić information content (AvgIpc) is 2.33. The third-order valence-electron chi connectivity index (χ3n) is 1.87. The largest absolute Gasteiger partial charge is 0.318 e. The Hall–Kier alpha value is -1.72. The lowest BCUT2D eigenvalue weighted by atomic mass is 10.3. The van der Waals surface area contributed by atoms with Crippen molar-refractivity contribution in [2.24, 2.45) is 0 Å². The van der Waals surface area contributed by atoms with Crippen LogP contribution in [0.2, 0.25) is 10.2 Å². The van der Waals surface area contributed by atoms with E-state index in [2.05, 4.69) is 20.3 Å². The van der Waals surface area contributed by atoms with Crippen LogP contribution in [-0.2, 0) is 0 Å². The lowest BCUT2D eigenvalue weighted by Crippen LogP contribution is -2.14. The van der Waals surface area contributed by atoms with Gasteiger partial charge in [-0.1, -0.05) is 23.2 Å². The van der Waals surface area contributed by atoms with E-state index in [0.29, 0.717) is 10.7 Å². The monoisotopic (exact) mass is 268 g/mol. The van der Waals surface area contributed by atoms with E-state index in [0.717, 1.165) is 0 Å². The lowest BCUT2D eigenvalue weighted by molar-refractivity contribution is 0.102. The van der Waals surface area contributed by atoms with Gasteiger partial charge in [0.15, 0.2) is 0 Å². The van der Waals surface area contributed by atoms with Gasteiger partial charge in [-0.25, -0.2) is 9.97 Å². The SMILES string of the molecule is O=C(Nc1cnccc1Cl)c1cnc(Cl)cn1. The molecule has 0 saturated heterocycles. The highest BCUT2D eigenvalue weighted by Gasteiger charge is 2.10. The summed E-state index contributed by atoms with van der Waals surface area (Å²) in [7, 11) is 0. The maximum atomic E-state index is 11.7. The predicted octanol–water partition coefficient (Wildman–Crippen LogP) is 2.43. The second-order valence-electron chi connectivity index (χ2n) is 3.03. The molecule has 2 aromatic heterocycles. The molecule has 0 aromatic carbocycles. The van der Waals surface area contributed by atoms with Crippen LogP contribution in [0.3, 0.4) is 0 Å². The van der Waals surface area contributed by atoms with Crippen LogP contribution in [-0.4, -0.2) is 20.9 Å². The van der Waals surface area contributed by atoms with Gasteiger partial charge in [0.1, 0.15) is 10.8 Å². The lowest BCUT2D eigenvalue weighted by Gasteiger charge is -2.05. The normalized spacial score (nSPS) is 10.0. The number of hydrogen-bond donors (Lipinski definition) is 1. The molecule has 1 amide bonds. The number of amides is 1. The smallest absolute Gasteiger partial charge is 0.275 e. The van der Waals surface area contributed by atoms with Crippen LogP contribution >= 0.6 is 23.2 Å². The van der Waals surface area contributed by atoms with Gasteiger partial charge in [0.2, 0.25) is 0 Å². The number of rotatable bonds is 2. The van der Waals surface area contributed by atoms with Crippen molar-refractivity contribution in [3.05, 3.63) is 46.7 Å². The van der Waals surface area contributed by atoms with Crippen molar-refractivity contribution in [2.75, 3.05) is 5.32 Å². The molecule has 5 nitrogen and oxygen atoms in total. The second kappa shape index (κ2) is 5.07. The number of pyridine rings is 1. The summed E-state index contributed by atoms with van der Waals surface area (Å²) in [6.45, 7) is 0. The predicted molar refractivity (Wildman–Crippen MR) is 64.2 cm³/mol. The number of hydrogen-bond acceptors (Lipinski definition) is 4. The van der Waals surface area contributed by atoms with Crippen LogP contribution in [0.4, 0.5) is 5.69 Å². The van der Waals surface area contributed by atoms with E-state index in [1.54, 1.807) is 6.07 Å². The summed E-state index contributed by atoms with van der Waals surface area (Å²) >= 11 is 11.4. The number of anilines is 1. The van der Waals surface area contributed by atoms with E-state index < -0.39 is 5.91 Å². The van der Waals surface area contributed by atoms with Gasteiger partial charge < -0.3 is 5.32 Å². The zero-order valence-corrected chi connectivity index (χ0v) is 9.90. The number of nitrogens with one attached hydrogen (secondary N) is 1. The highest BCUT2D eigenvalue weighted by atomic mass is 35.5. The van der Waals surface area contributed by atoms with Crippen molar-refractivity contribution in [1.82, 2.24) is 15.0 Å². The van der Waals surface area contributed by atoms with E-state index >= 15 is 0 Å². The van der Waals surface area contributed by atoms with E-state index in [1.165, 1.54) is 24.8 Å². The third-order valence-corrected chi connectivity index (χ3v) is 2.39. The van der Waals surface area contributed by atoms with Crippen LogP contribution in [0.1, 0.15) is 10.5 Å². The van der Waals surface area contributed by atoms with Gasteiger partial charge in [-0.3, -0.25) is 9.78 Å². The molecule has 0 saturated carbocycles. The minimum absolute atomic E-state index is 0.148. The Morgan fingerprint density at radius 3 is 2.65 bits per heavy atom. The van der Waals surface area contributed by atoms with Crippen molar-refractivity contribution < 1.29 is 4.79 Å². The molecule has 86 valence electrons. The molecular formula is C10H6Cl2N4O. The second-order valence-corrected chi connectivity index (χ2v) is 3.83. The highest BCUT2D eigenvalue weighted by molar-refractivity contribution is 6.33. The Kier molecular flexibility index (Phi) is 3.51. The maximum absolute atomic E-state index is 11.7. The van der Waals surface area contributed by atoms with Crippen LogP contribution in [0.25, 0.3) is 0 Å². The van der Waals surface area contributed by atoms with Gasteiger partial charge in [-0.2, -0.15) is 0 Å². The van der Waals surface area contributed by atoms with Crippen LogP contribution in [0, 0.1) is 0 Å². The van der Waals surface area contributed by atoms with Crippen LogP contribution < -0.4 is 5.32 Å². The molecule has 2 heterocycles. The first kappa shape index (κ1) is 11.8. The molecule has 1 N–H and O–H groups in total. The summed E-state index contributed by atoms with van der Waals surface area (Å²) in [5.41, 5.74) is 0.560. The minimum atomic E-state index is -0.427. The zero-order chi connectivity index (χ0) is 12.3. The Labute approximate surface area is 107 Å². The average molecular weight is 269 g/mol. The molecule has 0 radical (unpaired) electrons. The Balaban J connectivity index is 2.17. The van der Waals surface area contributed by atoms with Gasteiger partial charge >= 0.3 is 0 Å². The molecule has 0 unspecified atom stereocenters. The van der Waals surface area contributed by atoms with E-state index in [9.17, 15) is 4.79 Å². The van der Waals surface area contributed by atoms with Crippen molar-refractivity contribution in [3.63, 3.8) is 0 Å². The van der Waals surface area contributed by atoms with Crippen LogP contribution in [0.5, 0.6) is 0 Å². The first-order valence-corrected chi connectivity index (χ1v) is 5.31. The fourth-order valence-corrected chi connectivity index (χ4v) is 1.34. The van der Waals surface area contributed by atoms with E-state index in [4.69, 9.17) is 23.2 Å². The Morgan fingerprint density at radius 1 is 1.18 bits per heavy atom. The van der Waals surface area contributed by atoms with Crippen molar-refractivity contribution in [2.45, 2.75) is 0 Å². The number of nitrogens with zero attached hydrogens (tertiary/aromatic N) is 3. The molecule has 7 heteroatoms. The Bertz CT molecular complexity index is 544. The fraction of sp³-hybridized carbons (Fsp3) is 0. The number of carbonyl (C=O) groups excluding carboxylic acids is 1. The number of halogens is 2. The van der Waals surface area contributed by atoms with E-state index in [-0.39, 0.29) is 10.8 Å². The molecule has 0 aliphatic heterocycles. The van der Waals surface area contributed by atoms with Crippen LogP contribution in [0.15, 0.2) is 30.9 Å². The summed E-state index contributed by atoms with van der Waals surface area (Å²) in [6.07, 6.45) is 5.55. The molecule has 0 spiro atoms. The summed E-state index contributed by atoms with van der Waals surface area (Å²) in [5, 5.41) is 3.19. The van der Waals surface area contributed by atoms with Crippen molar-refractivity contribution in [1.29, 1.82) is 0 Å². The first-order valence-electron chi connectivity index (χ1n) is 4.55. The third kappa shape index (κ3) is 2.89. The molecule has 0 aliphatic carbocycles.